The molecule has 0 aromatic carbocycles. The van der Waals surface area contributed by atoms with Gasteiger partial charge < -0.3 is 10.6 Å². The highest BCUT2D eigenvalue weighted by Gasteiger charge is 2.21. The summed E-state index contributed by atoms with van der Waals surface area (Å²) >= 11 is 0. The number of anilines is 1. The third kappa shape index (κ3) is 2.67. The van der Waals surface area contributed by atoms with Crippen molar-refractivity contribution in [1.82, 2.24) is 25.1 Å². The highest BCUT2D eigenvalue weighted by Crippen LogP contribution is 2.17. The Morgan fingerprint density at radius 3 is 3.15 bits per heavy atom. The second-order valence-corrected chi connectivity index (χ2v) is 4.71. The van der Waals surface area contributed by atoms with Crippen LogP contribution in [0.3, 0.4) is 0 Å². The molecular formula is C13H16N6O. The first kappa shape index (κ1) is 12.7. The largest absolute Gasteiger partial charge is 0.322 e. The molecule has 1 fully saturated rings. The van der Waals surface area contributed by atoms with Crippen LogP contribution in [0.2, 0.25) is 0 Å². The lowest BCUT2D eigenvalue weighted by Crippen LogP contribution is -2.43. The van der Waals surface area contributed by atoms with Crippen LogP contribution in [-0.4, -0.2) is 38.2 Å². The second kappa shape index (κ2) is 5.79. The van der Waals surface area contributed by atoms with E-state index >= 15 is 0 Å². The Morgan fingerprint density at radius 2 is 2.40 bits per heavy atom. The molecule has 3 heterocycles. The fraction of sp³-hybridized carbons (Fsp3) is 0.385. The third-order valence-electron chi connectivity index (χ3n) is 3.31. The van der Waals surface area contributed by atoms with Crippen molar-refractivity contribution in [2.45, 2.75) is 25.3 Å². The van der Waals surface area contributed by atoms with Gasteiger partial charge in [0.1, 0.15) is 12.7 Å². The van der Waals surface area contributed by atoms with E-state index in [-0.39, 0.29) is 11.9 Å². The van der Waals surface area contributed by atoms with E-state index in [0.29, 0.717) is 11.5 Å². The first-order valence-electron chi connectivity index (χ1n) is 6.69. The zero-order valence-corrected chi connectivity index (χ0v) is 11.0. The third-order valence-corrected chi connectivity index (χ3v) is 3.31. The molecule has 3 rings (SSSR count). The quantitative estimate of drug-likeness (QED) is 0.861. The Bertz CT molecular complexity index is 576. The molecule has 7 nitrogen and oxygen atoms in total. The van der Waals surface area contributed by atoms with E-state index in [1.165, 1.54) is 11.0 Å². The Morgan fingerprint density at radius 1 is 1.45 bits per heavy atom. The topological polar surface area (TPSA) is 84.7 Å². The van der Waals surface area contributed by atoms with Crippen LogP contribution in [0.15, 0.2) is 31.0 Å². The van der Waals surface area contributed by atoms with Crippen LogP contribution in [0.4, 0.5) is 5.69 Å². The number of nitrogens with zero attached hydrogens (tertiary/aromatic N) is 4. The molecule has 0 bridgehead atoms. The van der Waals surface area contributed by atoms with Crippen LogP contribution in [-0.2, 0) is 4.79 Å². The molecule has 0 radical (unpaired) electrons. The lowest BCUT2D eigenvalue weighted by molar-refractivity contribution is -0.118. The fourth-order valence-corrected chi connectivity index (χ4v) is 2.29. The van der Waals surface area contributed by atoms with Gasteiger partial charge in [-0.3, -0.25) is 4.79 Å². The molecule has 20 heavy (non-hydrogen) atoms. The molecule has 2 aromatic heterocycles. The SMILES string of the molecule is O=C(Nc1cccnc1-n1cncn1)[C@@H]1CCCCN1. The molecule has 0 spiro atoms. The summed E-state index contributed by atoms with van der Waals surface area (Å²) < 4.78 is 1.53. The number of amides is 1. The van der Waals surface area contributed by atoms with Crippen molar-refractivity contribution >= 4 is 11.6 Å². The molecule has 1 saturated heterocycles. The minimum Gasteiger partial charge on any atom is -0.322 e. The number of hydrogen-bond donors (Lipinski definition) is 2. The Kier molecular flexibility index (Phi) is 3.69. The number of aromatic nitrogens is 4. The first-order valence-corrected chi connectivity index (χ1v) is 6.69. The molecular weight excluding hydrogens is 256 g/mol. The molecule has 1 atom stereocenters. The van der Waals surface area contributed by atoms with Crippen LogP contribution in [0.5, 0.6) is 0 Å². The monoisotopic (exact) mass is 272 g/mol. The molecule has 1 aliphatic heterocycles. The Labute approximate surface area is 116 Å². The number of pyridine rings is 1. The van der Waals surface area contributed by atoms with Gasteiger partial charge in [0.15, 0.2) is 5.82 Å². The smallest absolute Gasteiger partial charge is 0.241 e. The van der Waals surface area contributed by atoms with Crippen molar-refractivity contribution in [3.05, 3.63) is 31.0 Å². The van der Waals surface area contributed by atoms with Crippen LogP contribution >= 0.6 is 0 Å². The van der Waals surface area contributed by atoms with Crippen molar-refractivity contribution in [3.63, 3.8) is 0 Å². The zero-order valence-electron chi connectivity index (χ0n) is 11.0. The van der Waals surface area contributed by atoms with Gasteiger partial charge in [-0.15, -0.1) is 0 Å². The van der Waals surface area contributed by atoms with E-state index in [2.05, 4.69) is 25.7 Å². The molecule has 0 saturated carbocycles. The molecule has 0 unspecified atom stereocenters. The molecule has 1 amide bonds. The number of carbonyl (C=O) groups excluding carboxylic acids is 1. The van der Waals surface area contributed by atoms with Crippen molar-refractivity contribution < 1.29 is 4.79 Å². The zero-order chi connectivity index (χ0) is 13.8. The van der Waals surface area contributed by atoms with E-state index in [4.69, 9.17) is 0 Å². The van der Waals surface area contributed by atoms with Gasteiger partial charge in [-0.1, -0.05) is 6.42 Å². The van der Waals surface area contributed by atoms with E-state index in [1.807, 2.05) is 6.07 Å². The number of carbonyl (C=O) groups is 1. The highest BCUT2D eigenvalue weighted by atomic mass is 16.2. The summed E-state index contributed by atoms with van der Waals surface area (Å²) in [5.74, 6) is 0.535. The molecule has 2 N–H and O–H groups in total. The van der Waals surface area contributed by atoms with E-state index in [0.717, 1.165) is 25.8 Å². The number of piperidine rings is 1. The van der Waals surface area contributed by atoms with Crippen molar-refractivity contribution in [2.24, 2.45) is 0 Å². The summed E-state index contributed by atoms with van der Waals surface area (Å²) in [5.41, 5.74) is 0.635. The predicted octanol–water partition coefficient (Wildman–Crippen LogP) is 0.743. The molecule has 104 valence electrons. The lowest BCUT2D eigenvalue weighted by atomic mass is 10.0. The predicted molar refractivity (Wildman–Crippen MR) is 73.4 cm³/mol. The highest BCUT2D eigenvalue weighted by molar-refractivity contribution is 5.96. The van der Waals surface area contributed by atoms with E-state index in [9.17, 15) is 4.79 Å². The van der Waals surface area contributed by atoms with Gasteiger partial charge in [0.25, 0.3) is 0 Å². The van der Waals surface area contributed by atoms with Gasteiger partial charge >= 0.3 is 0 Å². The van der Waals surface area contributed by atoms with Gasteiger partial charge in [-0.25, -0.2) is 14.6 Å². The average Bonchev–Trinajstić information content (AvgIpc) is 3.03. The fourth-order valence-electron chi connectivity index (χ4n) is 2.29. The summed E-state index contributed by atoms with van der Waals surface area (Å²) in [6.45, 7) is 0.890. The summed E-state index contributed by atoms with van der Waals surface area (Å²) in [4.78, 5) is 20.4. The second-order valence-electron chi connectivity index (χ2n) is 4.71. The maximum absolute atomic E-state index is 12.2. The van der Waals surface area contributed by atoms with Crippen molar-refractivity contribution in [3.8, 4) is 5.82 Å². The van der Waals surface area contributed by atoms with Crippen LogP contribution in [0.1, 0.15) is 19.3 Å². The van der Waals surface area contributed by atoms with E-state index in [1.54, 1.807) is 18.6 Å². The molecule has 7 heteroatoms. The molecule has 2 aromatic rings. The number of rotatable bonds is 3. The van der Waals surface area contributed by atoms with Gasteiger partial charge in [0, 0.05) is 6.20 Å². The minimum atomic E-state index is -0.132. The molecule has 0 aliphatic carbocycles. The summed E-state index contributed by atoms with van der Waals surface area (Å²) in [5, 5.41) is 10.2. The number of nitrogens with one attached hydrogen (secondary N) is 2. The van der Waals surface area contributed by atoms with Crippen molar-refractivity contribution in [1.29, 1.82) is 0 Å². The van der Waals surface area contributed by atoms with Gasteiger partial charge in [-0.05, 0) is 31.5 Å². The van der Waals surface area contributed by atoms with Gasteiger partial charge in [-0.2, -0.15) is 5.10 Å². The maximum atomic E-state index is 12.2. The summed E-state index contributed by atoms with van der Waals surface area (Å²) in [6.07, 6.45) is 7.71. The standard InChI is InChI=1S/C13H16N6O/c20-13(11-4-1-2-6-15-11)18-10-5-3-7-16-12(10)19-9-14-8-17-19/h3,5,7-9,11,15H,1-2,4,6H2,(H,18,20)/t11-/m0/s1. The maximum Gasteiger partial charge on any atom is 0.241 e. The minimum absolute atomic E-state index is 0.0286. The Balaban J connectivity index is 1.79. The van der Waals surface area contributed by atoms with E-state index < -0.39 is 0 Å². The molecule has 1 aliphatic rings. The number of hydrogen-bond acceptors (Lipinski definition) is 5. The van der Waals surface area contributed by atoms with Gasteiger partial charge in [0.05, 0.1) is 11.7 Å². The lowest BCUT2D eigenvalue weighted by Gasteiger charge is -2.22. The summed E-state index contributed by atoms with van der Waals surface area (Å²) in [7, 11) is 0. The normalized spacial score (nSPS) is 18.7. The summed E-state index contributed by atoms with van der Waals surface area (Å²) in [6, 6.07) is 3.46. The van der Waals surface area contributed by atoms with Crippen LogP contribution in [0, 0.1) is 0 Å². The van der Waals surface area contributed by atoms with Crippen LogP contribution in [0.25, 0.3) is 5.82 Å². The van der Waals surface area contributed by atoms with Crippen molar-refractivity contribution in [2.75, 3.05) is 11.9 Å². The average molecular weight is 272 g/mol. The van der Waals surface area contributed by atoms with Gasteiger partial charge in [0.2, 0.25) is 5.91 Å². The van der Waals surface area contributed by atoms with Crippen LogP contribution < -0.4 is 10.6 Å². The Hall–Kier alpha value is -2.28. The first-order chi connectivity index (χ1) is 9.84.